The highest BCUT2D eigenvalue weighted by Gasteiger charge is 2.32. The van der Waals surface area contributed by atoms with Gasteiger partial charge < -0.3 is 10.6 Å². The Hall–Kier alpha value is -0.130. The van der Waals surface area contributed by atoms with Gasteiger partial charge in [0.05, 0.1) is 10.4 Å². The number of nitrogens with two attached hydrogens (primary N) is 1. The molecule has 2 N–H and O–H groups in total. The summed E-state index contributed by atoms with van der Waals surface area (Å²) in [7, 11) is 2.22. The van der Waals surface area contributed by atoms with Crippen LogP contribution in [0.15, 0.2) is 12.1 Å². The van der Waals surface area contributed by atoms with E-state index in [1.807, 2.05) is 6.07 Å². The molecule has 0 aliphatic carbocycles. The normalized spacial score (nSPS) is 24.8. The summed E-state index contributed by atoms with van der Waals surface area (Å²) in [6.45, 7) is 7.73. The van der Waals surface area contributed by atoms with Crippen molar-refractivity contribution in [1.29, 1.82) is 0 Å². The van der Waals surface area contributed by atoms with E-state index in [1.54, 1.807) is 11.3 Å². The van der Waals surface area contributed by atoms with Crippen LogP contribution in [0.5, 0.6) is 0 Å². The SMILES string of the molecule is CCC(N)C(c1ccc(Cl)s1)N1CCN(C)C(CC)C1. The molecule has 2 heterocycles. The van der Waals surface area contributed by atoms with Crippen LogP contribution in [0.25, 0.3) is 0 Å². The molecule has 0 aromatic carbocycles. The Labute approximate surface area is 131 Å². The van der Waals surface area contributed by atoms with E-state index in [-0.39, 0.29) is 6.04 Å². The monoisotopic (exact) mass is 315 g/mol. The first-order chi connectivity index (χ1) is 9.56. The zero-order valence-corrected chi connectivity index (χ0v) is 14.3. The Morgan fingerprint density at radius 2 is 2.15 bits per heavy atom. The third-order valence-electron chi connectivity index (χ3n) is 4.44. The van der Waals surface area contributed by atoms with Gasteiger partial charge in [0, 0.05) is 36.6 Å². The maximum atomic E-state index is 6.42. The number of hydrogen-bond acceptors (Lipinski definition) is 4. The summed E-state index contributed by atoms with van der Waals surface area (Å²) in [5.74, 6) is 0. The zero-order chi connectivity index (χ0) is 14.7. The van der Waals surface area contributed by atoms with Crippen molar-refractivity contribution in [3.05, 3.63) is 21.3 Å². The summed E-state index contributed by atoms with van der Waals surface area (Å²) < 4.78 is 0.856. The first-order valence-corrected chi connectivity index (χ1v) is 8.71. The zero-order valence-electron chi connectivity index (χ0n) is 12.7. The number of likely N-dealkylation sites (N-methyl/N-ethyl adjacent to an activating group) is 1. The van der Waals surface area contributed by atoms with Gasteiger partial charge in [-0.3, -0.25) is 4.90 Å². The molecule has 1 aliphatic rings. The Kier molecular flexibility index (Phi) is 5.87. The van der Waals surface area contributed by atoms with Crippen LogP contribution < -0.4 is 5.73 Å². The van der Waals surface area contributed by atoms with E-state index < -0.39 is 0 Å². The molecule has 1 aliphatic heterocycles. The third kappa shape index (κ3) is 3.55. The molecule has 1 aromatic rings. The molecule has 114 valence electrons. The lowest BCUT2D eigenvalue weighted by molar-refractivity contribution is 0.0536. The summed E-state index contributed by atoms with van der Waals surface area (Å²) in [5.41, 5.74) is 6.42. The van der Waals surface area contributed by atoms with Crippen molar-refractivity contribution in [1.82, 2.24) is 9.80 Å². The summed E-state index contributed by atoms with van der Waals surface area (Å²) in [6, 6.07) is 5.24. The maximum absolute atomic E-state index is 6.42. The molecule has 0 saturated carbocycles. The summed E-state index contributed by atoms with van der Waals surface area (Å²) in [5, 5.41) is 0. The molecule has 1 saturated heterocycles. The van der Waals surface area contributed by atoms with Crippen molar-refractivity contribution < 1.29 is 0 Å². The molecule has 0 spiro atoms. The molecule has 1 aromatic heterocycles. The average Bonchev–Trinajstić information content (AvgIpc) is 2.86. The summed E-state index contributed by atoms with van der Waals surface area (Å²) in [4.78, 5) is 6.33. The molecule has 3 nitrogen and oxygen atoms in total. The second kappa shape index (κ2) is 7.23. The predicted molar refractivity (Wildman–Crippen MR) is 88.6 cm³/mol. The van der Waals surface area contributed by atoms with E-state index in [1.165, 1.54) is 11.3 Å². The van der Waals surface area contributed by atoms with Gasteiger partial charge >= 0.3 is 0 Å². The van der Waals surface area contributed by atoms with E-state index in [4.69, 9.17) is 17.3 Å². The highest BCUT2D eigenvalue weighted by molar-refractivity contribution is 7.16. The van der Waals surface area contributed by atoms with E-state index in [9.17, 15) is 0 Å². The molecule has 3 unspecified atom stereocenters. The lowest BCUT2D eigenvalue weighted by Gasteiger charge is -2.44. The second-order valence-corrected chi connectivity index (χ2v) is 7.44. The van der Waals surface area contributed by atoms with Crippen molar-refractivity contribution in [2.45, 2.75) is 44.8 Å². The van der Waals surface area contributed by atoms with Gasteiger partial charge in [-0.1, -0.05) is 25.4 Å². The number of nitrogens with zero attached hydrogens (tertiary/aromatic N) is 2. The van der Waals surface area contributed by atoms with Gasteiger partial charge in [0.15, 0.2) is 0 Å². The number of rotatable bonds is 5. The van der Waals surface area contributed by atoms with Crippen LogP contribution in [0, 0.1) is 0 Å². The topological polar surface area (TPSA) is 32.5 Å². The fourth-order valence-electron chi connectivity index (χ4n) is 3.04. The predicted octanol–water partition coefficient (Wildman–Crippen LogP) is 3.21. The highest BCUT2D eigenvalue weighted by atomic mass is 35.5. The quantitative estimate of drug-likeness (QED) is 0.905. The number of thiophene rings is 1. The van der Waals surface area contributed by atoms with Crippen molar-refractivity contribution in [2.24, 2.45) is 5.73 Å². The molecule has 3 atom stereocenters. The van der Waals surface area contributed by atoms with Crippen LogP contribution >= 0.6 is 22.9 Å². The fourth-order valence-corrected chi connectivity index (χ4v) is 4.31. The molecule has 1 fully saturated rings. The van der Waals surface area contributed by atoms with Gasteiger partial charge in [-0.25, -0.2) is 0 Å². The Bertz CT molecular complexity index is 423. The summed E-state index contributed by atoms with van der Waals surface area (Å²) >= 11 is 7.79. The minimum atomic E-state index is 0.172. The Morgan fingerprint density at radius 1 is 1.40 bits per heavy atom. The third-order valence-corrected chi connectivity index (χ3v) is 5.74. The van der Waals surface area contributed by atoms with Gasteiger partial charge in [-0.05, 0) is 32.0 Å². The number of halogens is 1. The Balaban J connectivity index is 2.19. The lowest BCUT2D eigenvalue weighted by atomic mass is 10.00. The molecule has 0 amide bonds. The van der Waals surface area contributed by atoms with Gasteiger partial charge in [0.2, 0.25) is 0 Å². The second-order valence-electron chi connectivity index (χ2n) is 5.70. The molecule has 0 bridgehead atoms. The van der Waals surface area contributed by atoms with Crippen molar-refractivity contribution in [3.63, 3.8) is 0 Å². The Morgan fingerprint density at radius 3 is 2.70 bits per heavy atom. The van der Waals surface area contributed by atoms with Crippen molar-refractivity contribution >= 4 is 22.9 Å². The van der Waals surface area contributed by atoms with Crippen LogP contribution in [0.1, 0.15) is 37.6 Å². The van der Waals surface area contributed by atoms with Crippen molar-refractivity contribution in [3.8, 4) is 0 Å². The molecule has 0 radical (unpaired) electrons. The summed E-state index contributed by atoms with van der Waals surface area (Å²) in [6.07, 6.45) is 2.18. The minimum absolute atomic E-state index is 0.172. The smallest absolute Gasteiger partial charge is 0.0931 e. The van der Waals surface area contributed by atoms with Gasteiger partial charge in [0.1, 0.15) is 0 Å². The van der Waals surface area contributed by atoms with Crippen LogP contribution in [0.2, 0.25) is 4.34 Å². The van der Waals surface area contributed by atoms with E-state index in [2.05, 4.69) is 36.8 Å². The average molecular weight is 316 g/mol. The molecular weight excluding hydrogens is 290 g/mol. The first-order valence-electron chi connectivity index (χ1n) is 7.51. The van der Waals surface area contributed by atoms with Crippen LogP contribution in [0.4, 0.5) is 0 Å². The standard InChI is InChI=1S/C15H26ClN3S/c1-4-11-10-19(9-8-18(11)3)15(12(17)5-2)13-6-7-14(16)20-13/h6-7,11-12,15H,4-5,8-10,17H2,1-3H3. The van der Waals surface area contributed by atoms with Crippen LogP contribution in [-0.2, 0) is 0 Å². The first kappa shape index (κ1) is 16.2. The highest BCUT2D eigenvalue weighted by Crippen LogP contribution is 2.34. The van der Waals surface area contributed by atoms with Gasteiger partial charge in [-0.2, -0.15) is 0 Å². The minimum Gasteiger partial charge on any atom is -0.326 e. The van der Waals surface area contributed by atoms with Crippen molar-refractivity contribution in [2.75, 3.05) is 26.7 Å². The molecule has 20 heavy (non-hydrogen) atoms. The fraction of sp³-hybridized carbons (Fsp3) is 0.733. The van der Waals surface area contributed by atoms with Gasteiger partial charge in [-0.15, -0.1) is 11.3 Å². The molecular formula is C15H26ClN3S. The maximum Gasteiger partial charge on any atom is 0.0931 e. The van der Waals surface area contributed by atoms with E-state index >= 15 is 0 Å². The molecule has 5 heteroatoms. The lowest BCUT2D eigenvalue weighted by Crippen LogP contribution is -2.54. The molecule has 2 rings (SSSR count). The number of piperazine rings is 1. The van der Waals surface area contributed by atoms with E-state index in [0.29, 0.717) is 12.1 Å². The van der Waals surface area contributed by atoms with Gasteiger partial charge in [0.25, 0.3) is 0 Å². The largest absolute Gasteiger partial charge is 0.326 e. The number of hydrogen-bond donors (Lipinski definition) is 1. The van der Waals surface area contributed by atoms with Crippen LogP contribution in [0.3, 0.4) is 0 Å². The van der Waals surface area contributed by atoms with Crippen LogP contribution in [-0.4, -0.2) is 48.6 Å². The van der Waals surface area contributed by atoms with E-state index in [0.717, 1.165) is 30.4 Å².